The Morgan fingerprint density at radius 1 is 1.08 bits per heavy atom. The van der Waals surface area contributed by atoms with Gasteiger partial charge in [-0.3, -0.25) is 9.59 Å². The van der Waals surface area contributed by atoms with Crippen LogP contribution < -0.4 is 5.32 Å². The fourth-order valence-electron chi connectivity index (χ4n) is 3.78. The molecule has 3 N–H and O–H groups in total. The predicted octanol–water partition coefficient (Wildman–Crippen LogP) is 4.35. The fraction of sp³-hybridized carbons (Fsp3) is 0.320. The highest BCUT2D eigenvalue weighted by Gasteiger charge is 2.57. The van der Waals surface area contributed by atoms with Gasteiger partial charge in [-0.1, -0.05) is 59.6 Å². The van der Waals surface area contributed by atoms with Crippen LogP contribution in [-0.2, 0) is 16.0 Å². The van der Waals surface area contributed by atoms with Crippen molar-refractivity contribution < 1.29 is 37.8 Å². The third-order valence-electron chi connectivity index (χ3n) is 6.02. The molecule has 1 heterocycles. The number of aliphatic carboxylic acids is 1. The summed E-state index contributed by atoms with van der Waals surface area (Å²) in [5, 5.41) is 21.8. The molecule has 37 heavy (non-hydrogen) atoms. The van der Waals surface area contributed by atoms with Gasteiger partial charge in [0, 0.05) is 19.5 Å². The first-order chi connectivity index (χ1) is 17.2. The summed E-state index contributed by atoms with van der Waals surface area (Å²) in [6, 6.07) is 10.0. The van der Waals surface area contributed by atoms with Gasteiger partial charge in [0.25, 0.3) is 11.8 Å². The number of alkyl halides is 3. The monoisotopic (exact) mass is 558 g/mol. The molecular weight excluding hydrogens is 536 g/mol. The first kappa shape index (κ1) is 28.5. The van der Waals surface area contributed by atoms with Crippen molar-refractivity contribution in [3.63, 3.8) is 0 Å². The van der Waals surface area contributed by atoms with Crippen LogP contribution in [0.25, 0.3) is 5.57 Å². The van der Waals surface area contributed by atoms with Crippen LogP contribution in [0.2, 0.25) is 10.0 Å². The van der Waals surface area contributed by atoms with E-state index in [-0.39, 0.29) is 41.5 Å². The minimum atomic E-state index is -5.09. The molecule has 2 amide bonds. The second kappa shape index (κ2) is 11.1. The van der Waals surface area contributed by atoms with Crippen LogP contribution in [0.3, 0.4) is 0 Å². The minimum Gasteiger partial charge on any atom is -0.480 e. The molecule has 0 aromatic heterocycles. The number of rotatable bonds is 7. The Labute approximate surface area is 220 Å². The van der Waals surface area contributed by atoms with Crippen molar-refractivity contribution in [3.05, 3.63) is 75.3 Å². The van der Waals surface area contributed by atoms with Crippen LogP contribution in [0.5, 0.6) is 0 Å². The standard InChI is InChI=1S/C25H23Cl2F3N2O5/c1-24(37,25(28,29)30)23(36)32-11-9-16(10-12-32)15-7-5-14(6-8-15)13-19(22(34)35)31-21(33)20-17(26)3-2-4-18(20)27/h2-9,19,37H,10-13H2,1H3,(H,31,33)(H,34,35)/t19-,24+/m0/s1. The number of hydrogen-bond acceptors (Lipinski definition) is 4. The maximum absolute atomic E-state index is 13.0. The predicted molar refractivity (Wildman–Crippen MR) is 131 cm³/mol. The maximum Gasteiger partial charge on any atom is 0.426 e. The molecule has 1 aliphatic rings. The molecular formula is C25H23Cl2F3N2O5. The lowest BCUT2D eigenvalue weighted by Gasteiger charge is -2.33. The molecule has 3 rings (SSSR count). The van der Waals surface area contributed by atoms with Crippen molar-refractivity contribution in [2.24, 2.45) is 0 Å². The molecule has 0 aliphatic carbocycles. The third kappa shape index (κ3) is 6.44. The molecule has 2 aromatic carbocycles. The summed E-state index contributed by atoms with van der Waals surface area (Å²) in [6.45, 7) is 0.333. The Kier molecular flexibility index (Phi) is 8.56. The smallest absolute Gasteiger partial charge is 0.426 e. The molecule has 2 aromatic rings. The normalized spacial score (nSPS) is 16.4. The van der Waals surface area contributed by atoms with E-state index in [1.54, 1.807) is 36.4 Å². The summed E-state index contributed by atoms with van der Waals surface area (Å²) in [5.74, 6) is -3.39. The van der Waals surface area contributed by atoms with E-state index in [1.807, 2.05) is 0 Å². The van der Waals surface area contributed by atoms with E-state index in [0.717, 1.165) is 16.0 Å². The number of carbonyl (C=O) groups is 3. The average molecular weight is 559 g/mol. The van der Waals surface area contributed by atoms with Gasteiger partial charge in [-0.05, 0) is 42.2 Å². The Morgan fingerprint density at radius 2 is 1.68 bits per heavy atom. The quantitative estimate of drug-likeness (QED) is 0.468. The van der Waals surface area contributed by atoms with Crippen molar-refractivity contribution in [1.82, 2.24) is 10.2 Å². The van der Waals surface area contributed by atoms with Gasteiger partial charge in [0.05, 0.1) is 15.6 Å². The Bertz CT molecular complexity index is 1210. The van der Waals surface area contributed by atoms with Gasteiger partial charge in [-0.25, -0.2) is 4.79 Å². The number of nitrogens with zero attached hydrogens (tertiary/aromatic N) is 1. The number of benzene rings is 2. The maximum atomic E-state index is 13.0. The van der Waals surface area contributed by atoms with Gasteiger partial charge in [0.1, 0.15) is 6.04 Å². The molecule has 2 atom stereocenters. The number of carboxylic acid groups (broad SMARTS) is 1. The largest absolute Gasteiger partial charge is 0.480 e. The molecule has 7 nitrogen and oxygen atoms in total. The van der Waals surface area contributed by atoms with E-state index in [2.05, 4.69) is 5.32 Å². The molecule has 0 unspecified atom stereocenters. The number of carbonyl (C=O) groups excluding carboxylic acids is 2. The zero-order valence-electron chi connectivity index (χ0n) is 19.5. The first-order valence-corrected chi connectivity index (χ1v) is 11.8. The van der Waals surface area contributed by atoms with Gasteiger partial charge in [0.15, 0.2) is 0 Å². The fourth-order valence-corrected chi connectivity index (χ4v) is 4.35. The van der Waals surface area contributed by atoms with Crippen LogP contribution in [0.4, 0.5) is 13.2 Å². The number of halogens is 5. The summed E-state index contributed by atoms with van der Waals surface area (Å²) in [6.07, 6.45) is -3.24. The summed E-state index contributed by atoms with van der Waals surface area (Å²) in [4.78, 5) is 37.4. The molecule has 0 bridgehead atoms. The van der Waals surface area contributed by atoms with Crippen LogP contribution >= 0.6 is 23.2 Å². The van der Waals surface area contributed by atoms with Crippen molar-refractivity contribution in [3.8, 4) is 0 Å². The van der Waals surface area contributed by atoms with Crippen LogP contribution in [0, 0.1) is 0 Å². The SMILES string of the molecule is C[C@@](O)(C(=O)N1CC=C(c2ccc(C[C@H](NC(=O)c3c(Cl)cccc3Cl)C(=O)O)cc2)CC1)C(F)(F)F. The van der Waals surface area contributed by atoms with E-state index >= 15 is 0 Å². The molecule has 0 spiro atoms. The number of aliphatic hydroxyl groups is 1. The van der Waals surface area contributed by atoms with Gasteiger partial charge in [0.2, 0.25) is 5.60 Å². The summed E-state index contributed by atoms with van der Waals surface area (Å²) >= 11 is 12.1. The average Bonchev–Trinajstić information content (AvgIpc) is 2.83. The van der Waals surface area contributed by atoms with E-state index in [1.165, 1.54) is 12.1 Å². The van der Waals surface area contributed by atoms with E-state index in [4.69, 9.17) is 23.2 Å². The van der Waals surface area contributed by atoms with Gasteiger partial charge < -0.3 is 20.4 Å². The summed E-state index contributed by atoms with van der Waals surface area (Å²) in [5.41, 5.74) is -1.35. The Balaban J connectivity index is 1.67. The molecule has 0 fully saturated rings. The number of carboxylic acids is 1. The summed E-state index contributed by atoms with van der Waals surface area (Å²) < 4.78 is 38.9. The minimum absolute atomic E-state index is 0.00360. The van der Waals surface area contributed by atoms with Crippen molar-refractivity contribution >= 4 is 46.6 Å². The molecule has 1 aliphatic heterocycles. The highest BCUT2D eigenvalue weighted by molar-refractivity contribution is 6.39. The molecule has 12 heteroatoms. The second-order valence-corrected chi connectivity index (χ2v) is 9.48. The topological polar surface area (TPSA) is 107 Å². The number of amides is 2. The zero-order valence-corrected chi connectivity index (χ0v) is 21.0. The first-order valence-electron chi connectivity index (χ1n) is 11.1. The Morgan fingerprint density at radius 3 is 2.16 bits per heavy atom. The molecule has 0 saturated carbocycles. The zero-order chi connectivity index (χ0) is 27.5. The van der Waals surface area contributed by atoms with E-state index < -0.39 is 35.6 Å². The van der Waals surface area contributed by atoms with E-state index in [9.17, 15) is 37.8 Å². The lowest BCUT2D eigenvalue weighted by Crippen LogP contribution is -2.56. The second-order valence-electron chi connectivity index (χ2n) is 8.66. The molecule has 0 radical (unpaired) electrons. The van der Waals surface area contributed by atoms with Crippen molar-refractivity contribution in [2.45, 2.75) is 37.6 Å². The number of hydrogen-bond donors (Lipinski definition) is 3. The lowest BCUT2D eigenvalue weighted by molar-refractivity contribution is -0.250. The number of nitrogens with one attached hydrogen (secondary N) is 1. The van der Waals surface area contributed by atoms with Gasteiger partial charge >= 0.3 is 12.1 Å². The highest BCUT2D eigenvalue weighted by Crippen LogP contribution is 2.33. The van der Waals surface area contributed by atoms with Crippen LogP contribution in [-0.4, -0.2) is 63.8 Å². The van der Waals surface area contributed by atoms with E-state index in [0.29, 0.717) is 12.5 Å². The highest BCUT2D eigenvalue weighted by atomic mass is 35.5. The molecule has 198 valence electrons. The summed E-state index contributed by atoms with van der Waals surface area (Å²) in [7, 11) is 0. The van der Waals surface area contributed by atoms with Crippen molar-refractivity contribution in [2.75, 3.05) is 13.1 Å². The van der Waals surface area contributed by atoms with Crippen molar-refractivity contribution in [1.29, 1.82) is 0 Å². The van der Waals surface area contributed by atoms with Crippen LogP contribution in [0.15, 0.2) is 48.5 Å². The Hall–Kier alpha value is -3.08. The third-order valence-corrected chi connectivity index (χ3v) is 6.65. The lowest BCUT2D eigenvalue weighted by atomic mass is 9.95. The van der Waals surface area contributed by atoms with Gasteiger partial charge in [-0.2, -0.15) is 13.2 Å². The van der Waals surface area contributed by atoms with Crippen LogP contribution in [0.1, 0.15) is 34.8 Å². The molecule has 0 saturated heterocycles. The van der Waals surface area contributed by atoms with Gasteiger partial charge in [-0.15, -0.1) is 0 Å².